The Hall–Kier alpha value is -1.09. The number of aromatic nitrogens is 1. The van der Waals surface area contributed by atoms with E-state index in [0.29, 0.717) is 5.92 Å². The Morgan fingerprint density at radius 2 is 2.53 bits per heavy atom. The van der Waals surface area contributed by atoms with Crippen molar-refractivity contribution in [3.8, 4) is 0 Å². The molecule has 0 bridgehead atoms. The Labute approximate surface area is 90.9 Å². The Bertz CT molecular complexity index is 308. The van der Waals surface area contributed by atoms with Crippen molar-refractivity contribution < 1.29 is 4.74 Å². The van der Waals surface area contributed by atoms with Crippen LogP contribution in [0.25, 0.3) is 0 Å². The van der Waals surface area contributed by atoms with Gasteiger partial charge in [0, 0.05) is 31.2 Å². The number of aryl methyl sites for hydroxylation is 1. The molecule has 1 aliphatic heterocycles. The van der Waals surface area contributed by atoms with Crippen LogP contribution in [0.5, 0.6) is 0 Å². The third-order valence-electron chi connectivity index (χ3n) is 2.86. The van der Waals surface area contributed by atoms with Crippen molar-refractivity contribution in [2.24, 2.45) is 5.92 Å². The SMILES string of the molecule is Cc1cnccc1NCC1CCCOC1. The number of nitrogens with zero attached hydrogens (tertiary/aromatic N) is 1. The molecule has 2 rings (SSSR count). The van der Waals surface area contributed by atoms with Crippen LogP contribution in [0.15, 0.2) is 18.5 Å². The molecule has 1 aromatic rings. The molecular formula is C12H18N2O. The summed E-state index contributed by atoms with van der Waals surface area (Å²) < 4.78 is 5.45. The molecule has 0 aliphatic carbocycles. The Morgan fingerprint density at radius 3 is 3.27 bits per heavy atom. The summed E-state index contributed by atoms with van der Waals surface area (Å²) in [5.41, 5.74) is 2.39. The smallest absolute Gasteiger partial charge is 0.0511 e. The predicted molar refractivity (Wildman–Crippen MR) is 61.0 cm³/mol. The van der Waals surface area contributed by atoms with Gasteiger partial charge in [0.05, 0.1) is 6.61 Å². The minimum Gasteiger partial charge on any atom is -0.384 e. The van der Waals surface area contributed by atoms with E-state index in [-0.39, 0.29) is 0 Å². The minimum atomic E-state index is 0.659. The van der Waals surface area contributed by atoms with E-state index in [4.69, 9.17) is 4.74 Å². The van der Waals surface area contributed by atoms with E-state index in [2.05, 4.69) is 17.2 Å². The van der Waals surface area contributed by atoms with Crippen molar-refractivity contribution in [1.82, 2.24) is 4.98 Å². The monoisotopic (exact) mass is 206 g/mol. The van der Waals surface area contributed by atoms with Crippen molar-refractivity contribution in [3.05, 3.63) is 24.0 Å². The average molecular weight is 206 g/mol. The highest BCUT2D eigenvalue weighted by molar-refractivity contribution is 5.48. The molecule has 1 fully saturated rings. The highest BCUT2D eigenvalue weighted by Crippen LogP contribution is 2.16. The number of rotatable bonds is 3. The number of hydrogen-bond donors (Lipinski definition) is 1. The number of hydrogen-bond acceptors (Lipinski definition) is 3. The van der Waals surface area contributed by atoms with Crippen molar-refractivity contribution in [3.63, 3.8) is 0 Å². The summed E-state index contributed by atoms with van der Waals surface area (Å²) in [4.78, 5) is 4.07. The third kappa shape index (κ3) is 2.93. The van der Waals surface area contributed by atoms with Crippen LogP contribution in [0.3, 0.4) is 0 Å². The lowest BCUT2D eigenvalue weighted by atomic mass is 10.0. The third-order valence-corrected chi connectivity index (χ3v) is 2.86. The summed E-state index contributed by atoms with van der Waals surface area (Å²) in [6.45, 7) is 4.92. The molecule has 1 N–H and O–H groups in total. The molecule has 0 saturated carbocycles. The lowest BCUT2D eigenvalue weighted by Gasteiger charge is -2.23. The van der Waals surface area contributed by atoms with Gasteiger partial charge in [0.15, 0.2) is 0 Å². The molecule has 3 nitrogen and oxygen atoms in total. The van der Waals surface area contributed by atoms with Crippen LogP contribution in [0.4, 0.5) is 5.69 Å². The first-order valence-corrected chi connectivity index (χ1v) is 5.58. The Balaban J connectivity index is 1.84. The van der Waals surface area contributed by atoms with Crippen LogP contribution >= 0.6 is 0 Å². The zero-order valence-electron chi connectivity index (χ0n) is 9.20. The predicted octanol–water partition coefficient (Wildman–Crippen LogP) is 2.23. The maximum absolute atomic E-state index is 5.45. The fourth-order valence-corrected chi connectivity index (χ4v) is 1.89. The molecule has 1 aliphatic rings. The van der Waals surface area contributed by atoms with Crippen LogP contribution in [0.1, 0.15) is 18.4 Å². The summed E-state index contributed by atoms with van der Waals surface area (Å²) in [7, 11) is 0. The largest absolute Gasteiger partial charge is 0.384 e. The van der Waals surface area contributed by atoms with Gasteiger partial charge in [0.2, 0.25) is 0 Å². The first kappa shape index (κ1) is 10.4. The summed E-state index contributed by atoms with van der Waals surface area (Å²) >= 11 is 0. The Kier molecular flexibility index (Phi) is 3.56. The van der Waals surface area contributed by atoms with E-state index < -0.39 is 0 Å². The van der Waals surface area contributed by atoms with Gasteiger partial charge in [-0.3, -0.25) is 4.98 Å². The lowest BCUT2D eigenvalue weighted by Crippen LogP contribution is -2.24. The number of pyridine rings is 1. The highest BCUT2D eigenvalue weighted by Gasteiger charge is 2.13. The molecule has 15 heavy (non-hydrogen) atoms. The van der Waals surface area contributed by atoms with E-state index in [1.165, 1.54) is 24.1 Å². The van der Waals surface area contributed by atoms with Crippen LogP contribution in [-0.4, -0.2) is 24.7 Å². The van der Waals surface area contributed by atoms with Gasteiger partial charge in [0.25, 0.3) is 0 Å². The molecule has 1 saturated heterocycles. The summed E-state index contributed by atoms with van der Waals surface area (Å²) in [6, 6.07) is 2.03. The highest BCUT2D eigenvalue weighted by atomic mass is 16.5. The summed E-state index contributed by atoms with van der Waals surface area (Å²) in [5, 5.41) is 3.46. The van der Waals surface area contributed by atoms with Gasteiger partial charge >= 0.3 is 0 Å². The maximum Gasteiger partial charge on any atom is 0.0511 e. The van der Waals surface area contributed by atoms with Gasteiger partial charge in [-0.2, -0.15) is 0 Å². The van der Waals surface area contributed by atoms with Crippen LogP contribution < -0.4 is 5.32 Å². The fourth-order valence-electron chi connectivity index (χ4n) is 1.89. The lowest BCUT2D eigenvalue weighted by molar-refractivity contribution is 0.0595. The van der Waals surface area contributed by atoms with Crippen molar-refractivity contribution in [2.75, 3.05) is 25.1 Å². The van der Waals surface area contributed by atoms with Gasteiger partial charge in [-0.25, -0.2) is 0 Å². The zero-order chi connectivity index (χ0) is 10.5. The Morgan fingerprint density at radius 1 is 1.60 bits per heavy atom. The van der Waals surface area contributed by atoms with Crippen LogP contribution in [-0.2, 0) is 4.74 Å². The molecule has 0 amide bonds. The molecule has 1 unspecified atom stereocenters. The normalized spacial score (nSPS) is 21.3. The molecule has 2 heterocycles. The van der Waals surface area contributed by atoms with Gasteiger partial charge in [-0.15, -0.1) is 0 Å². The number of ether oxygens (including phenoxy) is 1. The van der Waals surface area contributed by atoms with E-state index >= 15 is 0 Å². The van der Waals surface area contributed by atoms with E-state index in [1.54, 1.807) is 0 Å². The fraction of sp³-hybridized carbons (Fsp3) is 0.583. The topological polar surface area (TPSA) is 34.2 Å². The van der Waals surface area contributed by atoms with E-state index in [9.17, 15) is 0 Å². The van der Waals surface area contributed by atoms with Gasteiger partial charge in [-0.1, -0.05) is 0 Å². The second-order valence-electron chi connectivity index (χ2n) is 4.15. The molecule has 82 valence electrons. The number of anilines is 1. The quantitative estimate of drug-likeness (QED) is 0.823. The molecule has 0 spiro atoms. The molecule has 3 heteroatoms. The second kappa shape index (κ2) is 5.12. The number of nitrogens with one attached hydrogen (secondary N) is 1. The average Bonchev–Trinajstić information content (AvgIpc) is 2.29. The molecule has 0 radical (unpaired) electrons. The van der Waals surface area contributed by atoms with Crippen molar-refractivity contribution in [2.45, 2.75) is 19.8 Å². The van der Waals surface area contributed by atoms with Gasteiger partial charge in [-0.05, 0) is 37.3 Å². The summed E-state index contributed by atoms with van der Waals surface area (Å²) in [5.74, 6) is 0.659. The molecule has 1 atom stereocenters. The van der Waals surface area contributed by atoms with Crippen molar-refractivity contribution in [1.29, 1.82) is 0 Å². The van der Waals surface area contributed by atoms with E-state index in [0.717, 1.165) is 19.8 Å². The molecule has 1 aromatic heterocycles. The first-order valence-electron chi connectivity index (χ1n) is 5.58. The summed E-state index contributed by atoms with van der Waals surface area (Å²) in [6.07, 6.45) is 6.19. The van der Waals surface area contributed by atoms with E-state index in [1.807, 2.05) is 18.5 Å². The minimum absolute atomic E-state index is 0.659. The molecular weight excluding hydrogens is 188 g/mol. The first-order chi connectivity index (χ1) is 7.36. The van der Waals surface area contributed by atoms with Gasteiger partial charge < -0.3 is 10.1 Å². The van der Waals surface area contributed by atoms with Crippen molar-refractivity contribution >= 4 is 5.69 Å². The molecule has 0 aromatic carbocycles. The van der Waals surface area contributed by atoms with Gasteiger partial charge in [0.1, 0.15) is 0 Å². The standard InChI is InChI=1S/C12H18N2O/c1-10-7-13-5-4-12(10)14-8-11-3-2-6-15-9-11/h4-5,7,11H,2-3,6,8-9H2,1H3,(H,13,14). The van der Waals surface area contributed by atoms with Crippen LogP contribution in [0.2, 0.25) is 0 Å². The maximum atomic E-state index is 5.45. The second-order valence-corrected chi connectivity index (χ2v) is 4.15. The zero-order valence-corrected chi connectivity index (χ0v) is 9.20. The van der Waals surface area contributed by atoms with Crippen LogP contribution in [0, 0.1) is 12.8 Å².